The van der Waals surface area contributed by atoms with Crippen molar-refractivity contribution in [1.29, 1.82) is 0 Å². The Morgan fingerprint density at radius 1 is 1.38 bits per heavy atom. The molecule has 0 bridgehead atoms. The summed E-state index contributed by atoms with van der Waals surface area (Å²) in [7, 11) is 1.85. The lowest BCUT2D eigenvalue weighted by Crippen LogP contribution is -2.23. The van der Waals surface area contributed by atoms with Crippen LogP contribution in [-0.2, 0) is 7.05 Å². The van der Waals surface area contributed by atoms with Gasteiger partial charge in [-0.05, 0) is 11.8 Å². The number of aromatic nitrogens is 3. The van der Waals surface area contributed by atoms with E-state index in [-0.39, 0.29) is 6.04 Å². The first-order chi connectivity index (χ1) is 6.02. The van der Waals surface area contributed by atoms with Crippen molar-refractivity contribution >= 4 is 0 Å². The third kappa shape index (κ3) is 2.28. The van der Waals surface area contributed by atoms with E-state index in [4.69, 9.17) is 5.73 Å². The van der Waals surface area contributed by atoms with Gasteiger partial charge < -0.3 is 5.73 Å². The van der Waals surface area contributed by atoms with Gasteiger partial charge in [-0.15, -0.1) is 5.10 Å². The van der Waals surface area contributed by atoms with Gasteiger partial charge in [0.2, 0.25) is 0 Å². The van der Waals surface area contributed by atoms with Crippen LogP contribution in [0, 0.1) is 11.8 Å². The maximum Gasteiger partial charge on any atom is 0.0996 e. The number of hydrogen-bond donors (Lipinski definition) is 1. The van der Waals surface area contributed by atoms with E-state index in [2.05, 4.69) is 31.1 Å². The number of nitrogens with zero attached hydrogens (tertiary/aromatic N) is 3. The van der Waals surface area contributed by atoms with Crippen molar-refractivity contribution in [2.45, 2.75) is 26.8 Å². The summed E-state index contributed by atoms with van der Waals surface area (Å²) in [6.07, 6.45) is 1.88. The van der Waals surface area contributed by atoms with Crippen LogP contribution in [0.1, 0.15) is 32.5 Å². The molecule has 0 aliphatic rings. The fourth-order valence-electron chi connectivity index (χ4n) is 1.20. The van der Waals surface area contributed by atoms with E-state index in [0.29, 0.717) is 11.8 Å². The van der Waals surface area contributed by atoms with Crippen LogP contribution < -0.4 is 5.73 Å². The molecule has 1 aromatic heterocycles. The normalized spacial score (nSPS) is 16.2. The SMILES string of the molecule is CC(C)C(C)C(N)c1cn(C)nn1. The molecular formula is C9H18N4. The molecule has 2 atom stereocenters. The van der Waals surface area contributed by atoms with Gasteiger partial charge in [0, 0.05) is 13.2 Å². The first-order valence-corrected chi connectivity index (χ1v) is 4.64. The van der Waals surface area contributed by atoms with Crippen molar-refractivity contribution < 1.29 is 0 Å². The summed E-state index contributed by atoms with van der Waals surface area (Å²) in [5.74, 6) is 0.994. The van der Waals surface area contributed by atoms with Gasteiger partial charge in [-0.25, -0.2) is 0 Å². The van der Waals surface area contributed by atoms with Crippen LogP contribution in [0.3, 0.4) is 0 Å². The largest absolute Gasteiger partial charge is 0.322 e. The monoisotopic (exact) mass is 182 g/mol. The number of rotatable bonds is 3. The zero-order chi connectivity index (χ0) is 10.0. The minimum absolute atomic E-state index is 0.00583. The van der Waals surface area contributed by atoms with E-state index in [9.17, 15) is 0 Å². The molecule has 1 heterocycles. The molecule has 0 aliphatic carbocycles. The highest BCUT2D eigenvalue weighted by Crippen LogP contribution is 2.23. The van der Waals surface area contributed by atoms with Crippen LogP contribution in [0.4, 0.5) is 0 Å². The van der Waals surface area contributed by atoms with E-state index >= 15 is 0 Å². The summed E-state index contributed by atoms with van der Waals surface area (Å²) >= 11 is 0. The maximum absolute atomic E-state index is 6.04. The Morgan fingerprint density at radius 3 is 2.38 bits per heavy atom. The summed E-state index contributed by atoms with van der Waals surface area (Å²) in [5, 5.41) is 7.87. The topological polar surface area (TPSA) is 56.7 Å². The zero-order valence-electron chi connectivity index (χ0n) is 8.73. The molecule has 0 spiro atoms. The van der Waals surface area contributed by atoms with E-state index in [1.54, 1.807) is 4.68 Å². The number of nitrogens with two attached hydrogens (primary N) is 1. The third-order valence-corrected chi connectivity index (χ3v) is 2.58. The lowest BCUT2D eigenvalue weighted by molar-refractivity contribution is 0.347. The molecule has 4 heteroatoms. The Hall–Kier alpha value is -0.900. The Bertz CT molecular complexity index is 266. The second kappa shape index (κ2) is 3.87. The van der Waals surface area contributed by atoms with Crippen molar-refractivity contribution in [3.05, 3.63) is 11.9 Å². The van der Waals surface area contributed by atoms with Gasteiger partial charge in [0.05, 0.1) is 11.7 Å². The second-order valence-corrected chi connectivity index (χ2v) is 3.95. The fourth-order valence-corrected chi connectivity index (χ4v) is 1.20. The summed E-state index contributed by atoms with van der Waals surface area (Å²) in [6.45, 7) is 6.48. The molecule has 2 unspecified atom stereocenters. The Morgan fingerprint density at radius 2 is 2.00 bits per heavy atom. The lowest BCUT2D eigenvalue weighted by Gasteiger charge is -2.20. The van der Waals surface area contributed by atoms with Crippen LogP contribution in [0.5, 0.6) is 0 Å². The average Bonchev–Trinajstić information content (AvgIpc) is 2.49. The zero-order valence-corrected chi connectivity index (χ0v) is 8.73. The van der Waals surface area contributed by atoms with Crippen LogP contribution in [0.25, 0.3) is 0 Å². The quantitative estimate of drug-likeness (QED) is 0.761. The first kappa shape index (κ1) is 10.2. The van der Waals surface area contributed by atoms with Crippen LogP contribution in [-0.4, -0.2) is 15.0 Å². The summed E-state index contributed by atoms with van der Waals surface area (Å²) in [6, 6.07) is -0.00583. The highest BCUT2D eigenvalue weighted by Gasteiger charge is 2.20. The Balaban J connectivity index is 2.73. The van der Waals surface area contributed by atoms with Gasteiger partial charge >= 0.3 is 0 Å². The van der Waals surface area contributed by atoms with Gasteiger partial charge in [0.25, 0.3) is 0 Å². The molecule has 13 heavy (non-hydrogen) atoms. The smallest absolute Gasteiger partial charge is 0.0996 e. The van der Waals surface area contributed by atoms with Crippen molar-refractivity contribution in [3.63, 3.8) is 0 Å². The van der Waals surface area contributed by atoms with Crippen LogP contribution in [0.15, 0.2) is 6.20 Å². The molecule has 0 radical (unpaired) electrons. The van der Waals surface area contributed by atoms with Crippen molar-refractivity contribution in [2.75, 3.05) is 0 Å². The minimum Gasteiger partial charge on any atom is -0.322 e. The molecule has 74 valence electrons. The third-order valence-electron chi connectivity index (χ3n) is 2.58. The lowest BCUT2D eigenvalue weighted by atomic mass is 9.89. The molecule has 0 saturated carbocycles. The molecule has 0 fully saturated rings. The molecule has 4 nitrogen and oxygen atoms in total. The fraction of sp³-hybridized carbons (Fsp3) is 0.778. The van der Waals surface area contributed by atoms with E-state index < -0.39 is 0 Å². The van der Waals surface area contributed by atoms with E-state index in [1.807, 2.05) is 13.2 Å². The summed E-state index contributed by atoms with van der Waals surface area (Å²) < 4.78 is 1.68. The Labute approximate surface area is 79.1 Å². The highest BCUT2D eigenvalue weighted by molar-refractivity contribution is 5.01. The molecule has 0 saturated heterocycles. The second-order valence-electron chi connectivity index (χ2n) is 3.95. The van der Waals surface area contributed by atoms with E-state index in [0.717, 1.165) is 5.69 Å². The average molecular weight is 182 g/mol. The van der Waals surface area contributed by atoms with E-state index in [1.165, 1.54) is 0 Å². The van der Waals surface area contributed by atoms with Crippen molar-refractivity contribution in [3.8, 4) is 0 Å². The molecule has 2 N–H and O–H groups in total. The van der Waals surface area contributed by atoms with Crippen molar-refractivity contribution in [2.24, 2.45) is 24.6 Å². The van der Waals surface area contributed by atoms with Gasteiger partial charge in [-0.3, -0.25) is 4.68 Å². The predicted octanol–water partition coefficient (Wildman–Crippen LogP) is 1.11. The molecule has 1 aromatic rings. The molecule has 1 rings (SSSR count). The standard InChI is InChI=1S/C9H18N4/c1-6(2)7(3)9(10)8-5-13(4)12-11-8/h5-7,9H,10H2,1-4H3. The summed E-state index contributed by atoms with van der Waals surface area (Å²) in [4.78, 5) is 0. The first-order valence-electron chi connectivity index (χ1n) is 4.64. The molecule has 0 aromatic carbocycles. The van der Waals surface area contributed by atoms with Gasteiger partial charge in [-0.1, -0.05) is 26.0 Å². The minimum atomic E-state index is -0.00583. The molecule has 0 aliphatic heterocycles. The maximum atomic E-state index is 6.04. The van der Waals surface area contributed by atoms with Gasteiger partial charge in [-0.2, -0.15) is 0 Å². The highest BCUT2D eigenvalue weighted by atomic mass is 15.4. The summed E-state index contributed by atoms with van der Waals surface area (Å²) in [5.41, 5.74) is 6.92. The molecular weight excluding hydrogens is 164 g/mol. The number of hydrogen-bond acceptors (Lipinski definition) is 3. The van der Waals surface area contributed by atoms with Gasteiger partial charge in [0.15, 0.2) is 0 Å². The van der Waals surface area contributed by atoms with Crippen LogP contribution in [0.2, 0.25) is 0 Å². The Kier molecular flexibility index (Phi) is 3.03. The number of aryl methyl sites for hydroxylation is 1. The van der Waals surface area contributed by atoms with Gasteiger partial charge in [0.1, 0.15) is 0 Å². The predicted molar refractivity (Wildman–Crippen MR) is 51.9 cm³/mol. The van der Waals surface area contributed by atoms with Crippen molar-refractivity contribution in [1.82, 2.24) is 15.0 Å². The van der Waals surface area contributed by atoms with Crippen LogP contribution >= 0.6 is 0 Å². The molecule has 0 amide bonds.